The predicted molar refractivity (Wildman–Crippen MR) is 77.9 cm³/mol. The summed E-state index contributed by atoms with van der Waals surface area (Å²) in [6.07, 6.45) is 0.842. The number of ether oxygens (including phenoxy) is 1. The molecule has 1 rings (SSSR count). The Morgan fingerprint density at radius 1 is 1.37 bits per heavy atom. The quantitative estimate of drug-likeness (QED) is 0.783. The maximum atomic E-state index is 13.8. The van der Waals surface area contributed by atoms with Crippen molar-refractivity contribution < 1.29 is 9.13 Å². The van der Waals surface area contributed by atoms with Gasteiger partial charge in [-0.3, -0.25) is 0 Å². The molecule has 0 aromatic heterocycles. The number of hydrogen-bond donors (Lipinski definition) is 1. The van der Waals surface area contributed by atoms with Gasteiger partial charge in [0, 0.05) is 12.1 Å². The maximum absolute atomic E-state index is 13.8. The SMILES string of the molecule is C=C(CC)COc1ccc(CNC(C)(C)C)cc1F. The first-order chi connectivity index (χ1) is 8.81. The molecule has 0 atom stereocenters. The van der Waals surface area contributed by atoms with Crippen LogP contribution in [0.2, 0.25) is 0 Å². The van der Waals surface area contributed by atoms with Gasteiger partial charge in [-0.25, -0.2) is 4.39 Å². The first-order valence-corrected chi connectivity index (χ1v) is 6.64. The Kier molecular flexibility index (Phi) is 5.55. The Labute approximate surface area is 115 Å². The molecule has 0 unspecified atom stereocenters. The zero-order valence-electron chi connectivity index (χ0n) is 12.3. The van der Waals surface area contributed by atoms with Gasteiger partial charge < -0.3 is 10.1 Å². The number of halogens is 1. The van der Waals surface area contributed by atoms with Gasteiger partial charge in [0.05, 0.1) is 0 Å². The van der Waals surface area contributed by atoms with Crippen LogP contribution in [-0.2, 0) is 6.54 Å². The topological polar surface area (TPSA) is 21.3 Å². The third kappa shape index (κ3) is 5.88. The van der Waals surface area contributed by atoms with Gasteiger partial charge in [0.2, 0.25) is 0 Å². The van der Waals surface area contributed by atoms with E-state index in [-0.39, 0.29) is 17.1 Å². The molecule has 1 aromatic rings. The Hall–Kier alpha value is -1.35. The summed E-state index contributed by atoms with van der Waals surface area (Å²) in [5.74, 6) is -0.0359. The van der Waals surface area contributed by atoms with Gasteiger partial charge in [0.25, 0.3) is 0 Å². The van der Waals surface area contributed by atoms with E-state index >= 15 is 0 Å². The fourth-order valence-corrected chi connectivity index (χ4v) is 1.42. The molecule has 0 aliphatic carbocycles. The molecule has 106 valence electrons. The summed E-state index contributed by atoms with van der Waals surface area (Å²) in [6, 6.07) is 5.08. The van der Waals surface area contributed by atoms with E-state index in [1.165, 1.54) is 6.07 Å². The van der Waals surface area contributed by atoms with Crippen molar-refractivity contribution >= 4 is 0 Å². The Morgan fingerprint density at radius 3 is 2.58 bits per heavy atom. The number of benzene rings is 1. The molecule has 0 heterocycles. The summed E-state index contributed by atoms with van der Waals surface area (Å²) in [6.45, 7) is 13.1. The highest BCUT2D eigenvalue weighted by Crippen LogP contribution is 2.19. The van der Waals surface area contributed by atoms with E-state index in [0.29, 0.717) is 13.2 Å². The molecular formula is C16H24FNO. The molecule has 0 aliphatic heterocycles. The van der Waals surface area contributed by atoms with Crippen molar-refractivity contribution in [2.75, 3.05) is 6.61 Å². The van der Waals surface area contributed by atoms with Crippen LogP contribution in [0.5, 0.6) is 5.75 Å². The van der Waals surface area contributed by atoms with Crippen molar-refractivity contribution in [3.05, 3.63) is 41.7 Å². The smallest absolute Gasteiger partial charge is 0.165 e. The van der Waals surface area contributed by atoms with Crippen molar-refractivity contribution in [3.63, 3.8) is 0 Å². The van der Waals surface area contributed by atoms with Gasteiger partial charge in [-0.15, -0.1) is 0 Å². The average Bonchev–Trinajstić information content (AvgIpc) is 2.34. The highest BCUT2D eigenvalue weighted by molar-refractivity contribution is 5.29. The monoisotopic (exact) mass is 265 g/mol. The largest absolute Gasteiger partial charge is 0.486 e. The average molecular weight is 265 g/mol. The second kappa shape index (κ2) is 6.71. The molecule has 0 amide bonds. The molecule has 1 aromatic carbocycles. The molecule has 1 N–H and O–H groups in total. The van der Waals surface area contributed by atoms with Crippen molar-refractivity contribution in [2.24, 2.45) is 0 Å². The van der Waals surface area contributed by atoms with Crippen LogP contribution in [0.3, 0.4) is 0 Å². The van der Waals surface area contributed by atoms with E-state index in [4.69, 9.17) is 4.74 Å². The minimum absolute atomic E-state index is 0.0184. The second-order valence-electron chi connectivity index (χ2n) is 5.76. The van der Waals surface area contributed by atoms with E-state index in [2.05, 4.69) is 32.7 Å². The third-order valence-electron chi connectivity index (χ3n) is 2.75. The molecule has 0 saturated carbocycles. The molecule has 0 fully saturated rings. The lowest BCUT2D eigenvalue weighted by atomic mass is 10.1. The lowest BCUT2D eigenvalue weighted by Crippen LogP contribution is -2.35. The van der Waals surface area contributed by atoms with Gasteiger partial charge in [0.15, 0.2) is 11.6 Å². The Bertz CT molecular complexity index is 435. The zero-order chi connectivity index (χ0) is 14.5. The lowest BCUT2D eigenvalue weighted by molar-refractivity contribution is 0.329. The standard InChI is InChI=1S/C16H24FNO/c1-6-12(2)11-19-15-8-7-13(9-14(15)17)10-18-16(3,4)5/h7-9,18H,2,6,10-11H2,1,3-5H3. The number of hydrogen-bond acceptors (Lipinski definition) is 2. The van der Waals surface area contributed by atoms with Gasteiger partial charge in [-0.05, 0) is 50.5 Å². The fraction of sp³-hybridized carbons (Fsp3) is 0.500. The van der Waals surface area contributed by atoms with Crippen LogP contribution in [-0.4, -0.2) is 12.1 Å². The van der Waals surface area contributed by atoms with Crippen LogP contribution in [0.25, 0.3) is 0 Å². The highest BCUT2D eigenvalue weighted by atomic mass is 19.1. The summed E-state index contributed by atoms with van der Waals surface area (Å²) in [5, 5.41) is 3.32. The van der Waals surface area contributed by atoms with Crippen LogP contribution < -0.4 is 10.1 Å². The van der Waals surface area contributed by atoms with Crippen molar-refractivity contribution in [1.29, 1.82) is 0 Å². The first-order valence-electron chi connectivity index (χ1n) is 6.64. The van der Waals surface area contributed by atoms with Gasteiger partial charge in [-0.1, -0.05) is 19.6 Å². The molecule has 0 aliphatic rings. The summed E-state index contributed by atoms with van der Waals surface area (Å²) in [5.41, 5.74) is 1.89. The summed E-state index contributed by atoms with van der Waals surface area (Å²) >= 11 is 0. The lowest BCUT2D eigenvalue weighted by Gasteiger charge is -2.20. The summed E-state index contributed by atoms with van der Waals surface area (Å²) in [7, 11) is 0. The van der Waals surface area contributed by atoms with E-state index in [1.807, 2.05) is 13.0 Å². The molecule has 0 spiro atoms. The van der Waals surface area contributed by atoms with E-state index in [0.717, 1.165) is 17.6 Å². The zero-order valence-corrected chi connectivity index (χ0v) is 12.3. The van der Waals surface area contributed by atoms with Crippen molar-refractivity contribution in [2.45, 2.75) is 46.2 Å². The van der Waals surface area contributed by atoms with Crippen molar-refractivity contribution in [3.8, 4) is 5.75 Å². The van der Waals surface area contributed by atoms with E-state index in [1.54, 1.807) is 6.07 Å². The van der Waals surface area contributed by atoms with Crippen LogP contribution in [0, 0.1) is 5.82 Å². The fourth-order valence-electron chi connectivity index (χ4n) is 1.42. The third-order valence-corrected chi connectivity index (χ3v) is 2.75. The normalized spacial score (nSPS) is 11.4. The van der Waals surface area contributed by atoms with Gasteiger partial charge in [-0.2, -0.15) is 0 Å². The maximum Gasteiger partial charge on any atom is 0.165 e. The summed E-state index contributed by atoms with van der Waals surface area (Å²) < 4.78 is 19.2. The Balaban J connectivity index is 2.61. The van der Waals surface area contributed by atoms with E-state index < -0.39 is 0 Å². The van der Waals surface area contributed by atoms with Crippen LogP contribution >= 0.6 is 0 Å². The molecule has 0 radical (unpaired) electrons. The number of nitrogens with one attached hydrogen (secondary N) is 1. The summed E-state index contributed by atoms with van der Waals surface area (Å²) in [4.78, 5) is 0. The van der Waals surface area contributed by atoms with Crippen LogP contribution in [0.1, 0.15) is 39.7 Å². The first kappa shape index (κ1) is 15.7. The van der Waals surface area contributed by atoms with Gasteiger partial charge >= 0.3 is 0 Å². The molecule has 3 heteroatoms. The highest BCUT2D eigenvalue weighted by Gasteiger charge is 2.10. The van der Waals surface area contributed by atoms with Crippen LogP contribution in [0.15, 0.2) is 30.4 Å². The second-order valence-corrected chi connectivity index (χ2v) is 5.76. The van der Waals surface area contributed by atoms with Crippen LogP contribution in [0.4, 0.5) is 4.39 Å². The molecular weight excluding hydrogens is 241 g/mol. The predicted octanol–water partition coefficient (Wildman–Crippen LogP) is 4.06. The molecule has 0 bridgehead atoms. The van der Waals surface area contributed by atoms with Crippen molar-refractivity contribution in [1.82, 2.24) is 5.32 Å². The molecule has 2 nitrogen and oxygen atoms in total. The minimum atomic E-state index is -0.322. The van der Waals surface area contributed by atoms with Gasteiger partial charge in [0.1, 0.15) is 6.61 Å². The minimum Gasteiger partial charge on any atom is -0.486 e. The van der Waals surface area contributed by atoms with E-state index in [9.17, 15) is 4.39 Å². The molecule has 19 heavy (non-hydrogen) atoms. The Morgan fingerprint density at radius 2 is 2.05 bits per heavy atom. The number of rotatable bonds is 6. The molecule has 0 saturated heterocycles.